The molecule has 3 aromatic carbocycles. The summed E-state index contributed by atoms with van der Waals surface area (Å²) in [7, 11) is 12.2. The van der Waals surface area contributed by atoms with Gasteiger partial charge in [-0.1, -0.05) is 36.4 Å². The first kappa shape index (κ1) is 23.1. The minimum atomic E-state index is -0.312. The Morgan fingerprint density at radius 3 is 1.12 bits per heavy atom. The van der Waals surface area contributed by atoms with E-state index in [1.165, 1.54) is 0 Å². The molecule has 32 heavy (non-hydrogen) atoms. The molecule has 0 heterocycles. The first-order valence-corrected chi connectivity index (χ1v) is 10.7. The molecular formula is C27H33N5. The summed E-state index contributed by atoms with van der Waals surface area (Å²) in [5.74, 6) is 0. The topological polar surface area (TPSA) is 34.4 Å². The lowest BCUT2D eigenvalue weighted by molar-refractivity contribution is 0.787. The van der Waals surface area contributed by atoms with Gasteiger partial charge in [-0.2, -0.15) is 0 Å². The molecule has 0 unspecified atom stereocenters. The van der Waals surface area contributed by atoms with Crippen molar-refractivity contribution in [2.24, 2.45) is 9.98 Å². The van der Waals surface area contributed by atoms with Crippen LogP contribution in [0, 0.1) is 0 Å². The van der Waals surface area contributed by atoms with Crippen LogP contribution < -0.4 is 14.7 Å². The molecule has 0 aliphatic heterocycles. The highest BCUT2D eigenvalue weighted by molar-refractivity contribution is 5.82. The number of aliphatic imine (C=N–C) groups is 2. The molecule has 3 aromatic rings. The van der Waals surface area contributed by atoms with Crippen molar-refractivity contribution in [3.8, 4) is 0 Å². The smallest absolute Gasteiger partial charge is 0.165 e. The Balaban J connectivity index is 1.86. The lowest BCUT2D eigenvalue weighted by atomic mass is 10.1. The van der Waals surface area contributed by atoms with E-state index >= 15 is 0 Å². The number of anilines is 3. The fourth-order valence-electron chi connectivity index (χ4n) is 3.19. The Kier molecular flexibility index (Phi) is 7.66. The second kappa shape index (κ2) is 10.6. The molecule has 0 fully saturated rings. The largest absolute Gasteiger partial charge is 0.378 e. The molecule has 0 aliphatic rings. The summed E-state index contributed by atoms with van der Waals surface area (Å²) in [5, 5.41) is 0. The second-order valence-corrected chi connectivity index (χ2v) is 8.39. The van der Waals surface area contributed by atoms with E-state index in [-0.39, 0.29) is 6.17 Å². The minimum Gasteiger partial charge on any atom is -0.378 e. The number of nitrogens with zero attached hydrogens (tertiary/aromatic N) is 5. The van der Waals surface area contributed by atoms with Gasteiger partial charge in [0.1, 0.15) is 0 Å². The van der Waals surface area contributed by atoms with Gasteiger partial charge in [-0.25, -0.2) is 0 Å². The first-order chi connectivity index (χ1) is 15.3. The summed E-state index contributed by atoms with van der Waals surface area (Å²) in [6.45, 7) is 0. The highest BCUT2D eigenvalue weighted by Gasteiger charge is 2.08. The summed E-state index contributed by atoms with van der Waals surface area (Å²) < 4.78 is 0. The van der Waals surface area contributed by atoms with Crippen LogP contribution in [0.25, 0.3) is 0 Å². The van der Waals surface area contributed by atoms with Crippen LogP contribution in [-0.2, 0) is 0 Å². The van der Waals surface area contributed by atoms with Crippen molar-refractivity contribution >= 4 is 29.5 Å². The fourth-order valence-corrected chi connectivity index (χ4v) is 3.19. The predicted octanol–water partition coefficient (Wildman–Crippen LogP) is 5.12. The third kappa shape index (κ3) is 6.20. The average Bonchev–Trinajstić information content (AvgIpc) is 2.79. The van der Waals surface area contributed by atoms with Crippen LogP contribution in [0.15, 0.2) is 82.8 Å². The molecule has 0 atom stereocenters. The van der Waals surface area contributed by atoms with Gasteiger partial charge >= 0.3 is 0 Å². The van der Waals surface area contributed by atoms with Crippen LogP contribution in [0.4, 0.5) is 17.1 Å². The second-order valence-electron chi connectivity index (χ2n) is 8.39. The van der Waals surface area contributed by atoms with Gasteiger partial charge in [0.15, 0.2) is 6.17 Å². The van der Waals surface area contributed by atoms with E-state index in [1.54, 1.807) is 0 Å². The van der Waals surface area contributed by atoms with Gasteiger partial charge in [-0.05, 0) is 53.1 Å². The van der Waals surface area contributed by atoms with E-state index in [1.807, 2.05) is 54.7 Å². The Labute approximate surface area is 192 Å². The Morgan fingerprint density at radius 2 is 0.812 bits per heavy atom. The van der Waals surface area contributed by atoms with E-state index in [0.717, 1.165) is 33.8 Å². The minimum absolute atomic E-state index is 0.312. The Hall–Kier alpha value is -3.60. The molecule has 5 heteroatoms. The molecule has 5 nitrogen and oxygen atoms in total. The maximum absolute atomic E-state index is 4.82. The SMILES string of the molecule is CN(C)c1ccc(C=NC(N=Cc2ccc(N(C)C)cc2)c2ccc(N(C)C)cc2)cc1. The van der Waals surface area contributed by atoms with E-state index in [2.05, 4.69) is 87.5 Å². The monoisotopic (exact) mass is 427 g/mol. The summed E-state index contributed by atoms with van der Waals surface area (Å²) in [6.07, 6.45) is 3.49. The van der Waals surface area contributed by atoms with E-state index in [9.17, 15) is 0 Å². The normalized spacial score (nSPS) is 12.3. The van der Waals surface area contributed by atoms with Crippen LogP contribution >= 0.6 is 0 Å². The van der Waals surface area contributed by atoms with Crippen molar-refractivity contribution in [2.45, 2.75) is 6.17 Å². The molecule has 0 aromatic heterocycles. The lowest BCUT2D eigenvalue weighted by Crippen LogP contribution is -2.08. The number of hydrogen-bond acceptors (Lipinski definition) is 5. The molecule has 3 rings (SSSR count). The highest BCUT2D eigenvalue weighted by atomic mass is 15.1. The third-order valence-corrected chi connectivity index (χ3v) is 5.26. The van der Waals surface area contributed by atoms with Gasteiger partial charge in [-0.3, -0.25) is 9.98 Å². The maximum Gasteiger partial charge on any atom is 0.165 e. The molecule has 0 saturated heterocycles. The first-order valence-electron chi connectivity index (χ1n) is 10.7. The summed E-state index contributed by atoms with van der Waals surface area (Å²) in [5.41, 5.74) is 6.64. The van der Waals surface area contributed by atoms with E-state index in [4.69, 9.17) is 9.98 Å². The van der Waals surface area contributed by atoms with Crippen molar-refractivity contribution in [2.75, 3.05) is 57.0 Å². The Morgan fingerprint density at radius 1 is 0.500 bits per heavy atom. The molecule has 0 aliphatic carbocycles. The van der Waals surface area contributed by atoms with Crippen molar-refractivity contribution in [3.05, 3.63) is 89.5 Å². The molecule has 0 N–H and O–H groups in total. The van der Waals surface area contributed by atoms with Gasteiger partial charge in [-0.15, -0.1) is 0 Å². The zero-order valence-electron chi connectivity index (χ0n) is 19.9. The quantitative estimate of drug-likeness (QED) is 0.468. The van der Waals surface area contributed by atoms with Crippen LogP contribution in [0.3, 0.4) is 0 Å². The molecule has 0 radical (unpaired) electrons. The van der Waals surface area contributed by atoms with Crippen molar-refractivity contribution in [1.29, 1.82) is 0 Å². The summed E-state index contributed by atoms with van der Waals surface area (Å²) >= 11 is 0. The fraction of sp³-hybridized carbons (Fsp3) is 0.259. The molecule has 0 amide bonds. The van der Waals surface area contributed by atoms with Crippen molar-refractivity contribution < 1.29 is 0 Å². The van der Waals surface area contributed by atoms with Crippen molar-refractivity contribution in [1.82, 2.24) is 0 Å². The van der Waals surface area contributed by atoms with Crippen LogP contribution in [0.1, 0.15) is 22.9 Å². The molecule has 0 spiro atoms. The molecular weight excluding hydrogens is 394 g/mol. The average molecular weight is 428 g/mol. The highest BCUT2D eigenvalue weighted by Crippen LogP contribution is 2.23. The zero-order chi connectivity index (χ0) is 23.1. The van der Waals surface area contributed by atoms with Gasteiger partial charge in [0.05, 0.1) is 0 Å². The predicted molar refractivity (Wildman–Crippen MR) is 140 cm³/mol. The van der Waals surface area contributed by atoms with E-state index in [0.29, 0.717) is 0 Å². The Bertz CT molecular complexity index is 969. The third-order valence-electron chi connectivity index (χ3n) is 5.26. The van der Waals surface area contributed by atoms with Crippen LogP contribution in [-0.4, -0.2) is 54.7 Å². The summed E-state index contributed by atoms with van der Waals surface area (Å²) in [6, 6.07) is 25.1. The lowest BCUT2D eigenvalue weighted by Gasteiger charge is -2.14. The number of rotatable bonds is 8. The number of benzene rings is 3. The van der Waals surface area contributed by atoms with Gasteiger partial charge in [0, 0.05) is 71.8 Å². The molecule has 166 valence electrons. The van der Waals surface area contributed by atoms with Crippen LogP contribution in [0.5, 0.6) is 0 Å². The van der Waals surface area contributed by atoms with Crippen LogP contribution in [0.2, 0.25) is 0 Å². The number of hydrogen-bond donors (Lipinski definition) is 0. The standard InChI is InChI=1S/C27H33N5/c1-30(2)24-13-7-21(8-14-24)19-28-27(23-11-17-26(18-12-23)32(5)6)29-20-22-9-15-25(16-10-22)31(3)4/h7-20,27H,1-6H3. The van der Waals surface area contributed by atoms with E-state index < -0.39 is 0 Å². The molecule has 0 bridgehead atoms. The van der Waals surface area contributed by atoms with Crippen molar-refractivity contribution in [3.63, 3.8) is 0 Å². The maximum atomic E-state index is 4.82. The summed E-state index contributed by atoms with van der Waals surface area (Å²) in [4.78, 5) is 15.9. The van der Waals surface area contributed by atoms with Gasteiger partial charge in [0.2, 0.25) is 0 Å². The zero-order valence-corrected chi connectivity index (χ0v) is 19.9. The van der Waals surface area contributed by atoms with Gasteiger partial charge in [0.25, 0.3) is 0 Å². The molecule has 0 saturated carbocycles. The van der Waals surface area contributed by atoms with Gasteiger partial charge < -0.3 is 14.7 Å².